The number of hydrogen-bond donors (Lipinski definition) is 0. The lowest BCUT2D eigenvalue weighted by Gasteiger charge is -2.34. The predicted molar refractivity (Wildman–Crippen MR) is 84.3 cm³/mol. The van der Waals surface area contributed by atoms with Gasteiger partial charge in [-0.05, 0) is 18.6 Å². The van der Waals surface area contributed by atoms with Gasteiger partial charge in [-0.2, -0.15) is 4.31 Å². The van der Waals surface area contributed by atoms with Gasteiger partial charge in [0.05, 0.1) is 10.8 Å². The van der Waals surface area contributed by atoms with Crippen LogP contribution in [0.3, 0.4) is 0 Å². The molecule has 1 unspecified atom stereocenters. The van der Waals surface area contributed by atoms with E-state index in [1.807, 2.05) is 0 Å². The first-order chi connectivity index (χ1) is 10.3. The van der Waals surface area contributed by atoms with Crippen LogP contribution in [-0.4, -0.2) is 54.0 Å². The predicted octanol–water partition coefficient (Wildman–Crippen LogP) is 1.71. The summed E-state index contributed by atoms with van der Waals surface area (Å²) < 4.78 is 25.5. The molecule has 2 aliphatic rings. The number of nitrogens with zero attached hydrogens (tertiary/aromatic N) is 2. The Balaban J connectivity index is 1.64. The zero-order chi connectivity index (χ0) is 16.0. The molecular weight excluding hydrogens is 347 g/mol. The molecule has 2 fully saturated rings. The Bertz CT molecular complexity index is 671. The second kappa shape index (κ2) is 5.67. The van der Waals surface area contributed by atoms with Crippen molar-refractivity contribution in [3.8, 4) is 0 Å². The molecule has 1 saturated heterocycles. The molecule has 120 valence electrons. The zero-order valence-electron chi connectivity index (χ0n) is 11.8. The summed E-state index contributed by atoms with van der Waals surface area (Å²) in [6.45, 7) is 1.30. The van der Waals surface area contributed by atoms with Crippen LogP contribution in [0.25, 0.3) is 0 Å². The normalized spacial score (nSPS) is 25.0. The molecule has 22 heavy (non-hydrogen) atoms. The van der Waals surface area contributed by atoms with Gasteiger partial charge >= 0.3 is 0 Å². The van der Waals surface area contributed by atoms with Gasteiger partial charge in [-0.1, -0.05) is 18.2 Å². The van der Waals surface area contributed by atoms with Crippen molar-refractivity contribution >= 4 is 39.1 Å². The van der Waals surface area contributed by atoms with E-state index >= 15 is 0 Å². The molecular formula is C14H16Cl2N2O3S. The van der Waals surface area contributed by atoms with Gasteiger partial charge in [-0.15, -0.1) is 23.2 Å². The molecule has 1 aromatic carbocycles. The van der Waals surface area contributed by atoms with Crippen molar-refractivity contribution in [2.24, 2.45) is 5.92 Å². The molecule has 5 nitrogen and oxygen atoms in total. The number of benzene rings is 1. The van der Waals surface area contributed by atoms with Gasteiger partial charge in [0.25, 0.3) is 0 Å². The van der Waals surface area contributed by atoms with E-state index in [1.54, 1.807) is 35.2 Å². The molecule has 0 radical (unpaired) electrons. The maximum atomic E-state index is 12.5. The summed E-state index contributed by atoms with van der Waals surface area (Å²) in [4.78, 5) is 14.1. The highest BCUT2D eigenvalue weighted by Gasteiger charge is 2.57. The second-order valence-electron chi connectivity index (χ2n) is 5.56. The van der Waals surface area contributed by atoms with Gasteiger partial charge in [-0.25, -0.2) is 8.42 Å². The van der Waals surface area contributed by atoms with Crippen molar-refractivity contribution in [3.63, 3.8) is 0 Å². The third-order valence-corrected chi connectivity index (χ3v) is 6.80. The molecule has 8 heteroatoms. The quantitative estimate of drug-likeness (QED) is 0.769. The zero-order valence-corrected chi connectivity index (χ0v) is 14.1. The van der Waals surface area contributed by atoms with Crippen LogP contribution in [0.1, 0.15) is 6.42 Å². The standard InChI is InChI=1S/C14H16Cl2N2O3S/c15-14(16)10-12(14)13(19)17-6-8-18(9-7-17)22(20,21)11-4-2-1-3-5-11/h1-5,12H,6-10H2. The SMILES string of the molecule is O=C(C1CC1(Cl)Cl)N1CCN(S(=O)(=O)c2ccccc2)CC1. The Hall–Kier alpha value is -0.820. The molecule has 1 atom stereocenters. The smallest absolute Gasteiger partial charge is 0.243 e. The number of carbonyl (C=O) groups is 1. The molecule has 0 spiro atoms. The molecule has 1 amide bonds. The Morgan fingerprint density at radius 3 is 2.14 bits per heavy atom. The summed E-state index contributed by atoms with van der Waals surface area (Å²) >= 11 is 11.8. The molecule has 1 aliphatic carbocycles. The third-order valence-electron chi connectivity index (χ3n) is 4.06. The van der Waals surface area contributed by atoms with Gasteiger partial charge in [0.2, 0.25) is 15.9 Å². The van der Waals surface area contributed by atoms with E-state index in [4.69, 9.17) is 23.2 Å². The summed E-state index contributed by atoms with van der Waals surface area (Å²) in [7, 11) is -3.50. The Kier molecular flexibility index (Phi) is 4.14. The summed E-state index contributed by atoms with van der Waals surface area (Å²) in [5.41, 5.74) is 0. The largest absolute Gasteiger partial charge is 0.340 e. The Morgan fingerprint density at radius 1 is 1.09 bits per heavy atom. The van der Waals surface area contributed by atoms with Crippen molar-refractivity contribution in [1.82, 2.24) is 9.21 Å². The number of alkyl halides is 2. The van der Waals surface area contributed by atoms with E-state index in [1.165, 1.54) is 4.31 Å². The Labute approximate surface area is 139 Å². The molecule has 1 heterocycles. The van der Waals surface area contributed by atoms with Gasteiger partial charge in [0.1, 0.15) is 4.33 Å². The lowest BCUT2D eigenvalue weighted by molar-refractivity contribution is -0.133. The number of carbonyl (C=O) groups excluding carboxylic acids is 1. The van der Waals surface area contributed by atoms with E-state index in [0.717, 1.165) is 0 Å². The highest BCUT2D eigenvalue weighted by molar-refractivity contribution is 7.89. The van der Waals surface area contributed by atoms with Crippen LogP contribution < -0.4 is 0 Å². The molecule has 0 bridgehead atoms. The number of piperazine rings is 1. The van der Waals surface area contributed by atoms with Crippen molar-refractivity contribution in [2.45, 2.75) is 15.6 Å². The second-order valence-corrected chi connectivity index (χ2v) is 9.04. The number of sulfonamides is 1. The maximum Gasteiger partial charge on any atom is 0.243 e. The summed E-state index contributed by atoms with van der Waals surface area (Å²) in [6.07, 6.45) is 0.470. The van der Waals surface area contributed by atoms with Crippen LogP contribution in [0.2, 0.25) is 0 Å². The van der Waals surface area contributed by atoms with Crippen LogP contribution >= 0.6 is 23.2 Å². The first-order valence-corrected chi connectivity index (χ1v) is 9.24. The molecule has 0 N–H and O–H groups in total. The number of hydrogen-bond acceptors (Lipinski definition) is 3. The van der Waals surface area contributed by atoms with Crippen molar-refractivity contribution in [1.29, 1.82) is 0 Å². The highest BCUT2D eigenvalue weighted by Crippen LogP contribution is 2.53. The molecule has 3 rings (SSSR count). The Morgan fingerprint density at radius 2 is 1.64 bits per heavy atom. The van der Waals surface area contributed by atoms with E-state index in [-0.39, 0.29) is 29.8 Å². The average Bonchev–Trinajstić information content (AvgIpc) is 3.16. The minimum Gasteiger partial charge on any atom is -0.340 e. The van der Waals surface area contributed by atoms with Crippen LogP contribution in [0.5, 0.6) is 0 Å². The topological polar surface area (TPSA) is 57.7 Å². The summed E-state index contributed by atoms with van der Waals surface area (Å²) in [6, 6.07) is 8.31. The summed E-state index contributed by atoms with van der Waals surface area (Å²) in [5, 5.41) is 0. The lowest BCUT2D eigenvalue weighted by Crippen LogP contribution is -2.51. The fourth-order valence-corrected chi connectivity index (χ4v) is 4.53. The van der Waals surface area contributed by atoms with E-state index in [0.29, 0.717) is 19.5 Å². The highest BCUT2D eigenvalue weighted by atomic mass is 35.5. The van der Waals surface area contributed by atoms with Crippen LogP contribution in [-0.2, 0) is 14.8 Å². The maximum absolute atomic E-state index is 12.5. The molecule has 1 saturated carbocycles. The average molecular weight is 363 g/mol. The fourth-order valence-electron chi connectivity index (χ4n) is 2.59. The first-order valence-electron chi connectivity index (χ1n) is 7.04. The van der Waals surface area contributed by atoms with Gasteiger partial charge in [0, 0.05) is 26.2 Å². The van der Waals surface area contributed by atoms with Gasteiger partial charge in [-0.3, -0.25) is 4.79 Å². The van der Waals surface area contributed by atoms with Crippen LogP contribution in [0.4, 0.5) is 0 Å². The lowest BCUT2D eigenvalue weighted by atomic mass is 10.3. The van der Waals surface area contributed by atoms with Crippen LogP contribution in [0, 0.1) is 5.92 Å². The summed E-state index contributed by atoms with van der Waals surface area (Å²) in [5.74, 6) is -0.435. The van der Waals surface area contributed by atoms with Crippen molar-refractivity contribution in [3.05, 3.63) is 30.3 Å². The number of halogens is 2. The third kappa shape index (κ3) is 2.97. The monoisotopic (exact) mass is 362 g/mol. The van der Waals surface area contributed by atoms with Gasteiger partial charge in [0.15, 0.2) is 0 Å². The van der Waals surface area contributed by atoms with Crippen LogP contribution in [0.15, 0.2) is 35.2 Å². The van der Waals surface area contributed by atoms with E-state index < -0.39 is 14.4 Å². The number of amides is 1. The minimum absolute atomic E-state index is 0.0817. The van der Waals surface area contributed by atoms with Crippen molar-refractivity contribution < 1.29 is 13.2 Å². The molecule has 1 aliphatic heterocycles. The molecule has 1 aromatic rings. The van der Waals surface area contributed by atoms with E-state index in [2.05, 4.69) is 0 Å². The fraction of sp³-hybridized carbons (Fsp3) is 0.500. The van der Waals surface area contributed by atoms with E-state index in [9.17, 15) is 13.2 Å². The first kappa shape index (κ1) is 16.1. The van der Waals surface area contributed by atoms with Crippen molar-refractivity contribution in [2.75, 3.05) is 26.2 Å². The molecule has 0 aromatic heterocycles. The van der Waals surface area contributed by atoms with Gasteiger partial charge < -0.3 is 4.90 Å². The number of rotatable bonds is 3. The minimum atomic E-state index is -3.50.